The van der Waals surface area contributed by atoms with Gasteiger partial charge in [0, 0.05) is 27.9 Å². The van der Waals surface area contributed by atoms with Crippen LogP contribution in [0, 0.1) is 11.6 Å². The third-order valence-corrected chi connectivity index (χ3v) is 5.09. The summed E-state index contributed by atoms with van der Waals surface area (Å²) in [6.07, 6.45) is 1.85. The minimum Gasteiger partial charge on any atom is -0.323 e. The van der Waals surface area contributed by atoms with Crippen molar-refractivity contribution in [3.05, 3.63) is 76.4 Å². The van der Waals surface area contributed by atoms with E-state index in [1.807, 2.05) is 5.38 Å². The molecule has 27 heavy (non-hydrogen) atoms. The summed E-state index contributed by atoms with van der Waals surface area (Å²) in [5, 5.41) is 4.63. The molecular weight excluding hydrogens is 392 g/mol. The highest BCUT2D eigenvalue weighted by Crippen LogP contribution is 2.25. The highest BCUT2D eigenvalue weighted by atomic mass is 35.5. The van der Waals surface area contributed by atoms with Crippen molar-refractivity contribution >= 4 is 39.5 Å². The van der Waals surface area contributed by atoms with Gasteiger partial charge >= 0.3 is 0 Å². The summed E-state index contributed by atoms with van der Waals surface area (Å²) in [6, 6.07) is 10.1. The predicted octanol–water partition coefficient (Wildman–Crippen LogP) is 5.18. The highest BCUT2D eigenvalue weighted by molar-refractivity contribution is 7.15. The summed E-state index contributed by atoms with van der Waals surface area (Å²) in [5.74, 6) is -1.26. The molecule has 4 nitrogen and oxygen atoms in total. The van der Waals surface area contributed by atoms with E-state index in [0.29, 0.717) is 5.69 Å². The number of hydrogen-bond acceptors (Lipinski definition) is 3. The lowest BCUT2D eigenvalue weighted by molar-refractivity contribution is -0.115. The van der Waals surface area contributed by atoms with Crippen molar-refractivity contribution in [2.24, 2.45) is 0 Å². The number of thiazole rings is 1. The molecule has 2 heterocycles. The van der Waals surface area contributed by atoms with Gasteiger partial charge in [-0.05, 0) is 42.5 Å². The van der Waals surface area contributed by atoms with E-state index in [2.05, 4.69) is 10.3 Å². The summed E-state index contributed by atoms with van der Waals surface area (Å²) >= 11 is 7.11. The first-order valence-electron chi connectivity index (χ1n) is 7.96. The molecule has 4 rings (SSSR count). The molecule has 0 saturated carbocycles. The summed E-state index contributed by atoms with van der Waals surface area (Å²) in [7, 11) is 0. The Morgan fingerprint density at radius 2 is 1.96 bits per heavy atom. The summed E-state index contributed by atoms with van der Waals surface area (Å²) in [5.41, 5.74) is 2.27. The Morgan fingerprint density at radius 1 is 1.19 bits per heavy atom. The Kier molecular flexibility index (Phi) is 4.63. The summed E-state index contributed by atoms with van der Waals surface area (Å²) in [6.45, 7) is 0. The van der Waals surface area contributed by atoms with Crippen LogP contribution >= 0.6 is 22.9 Å². The number of halogens is 3. The molecule has 0 saturated heterocycles. The molecule has 0 unspecified atom stereocenters. The third-order valence-electron chi connectivity index (χ3n) is 3.97. The Balaban J connectivity index is 1.55. The molecule has 0 bridgehead atoms. The second-order valence-electron chi connectivity index (χ2n) is 5.86. The van der Waals surface area contributed by atoms with Gasteiger partial charge in [0.25, 0.3) is 0 Å². The van der Waals surface area contributed by atoms with Gasteiger partial charge in [0.2, 0.25) is 5.91 Å². The molecule has 4 aromatic rings. The number of carbonyl (C=O) groups excluding carboxylic acids is 1. The maximum absolute atomic E-state index is 13.8. The lowest BCUT2D eigenvalue weighted by Gasteiger charge is -2.06. The molecule has 1 amide bonds. The molecule has 2 aromatic heterocycles. The second-order valence-corrected chi connectivity index (χ2v) is 7.13. The topological polar surface area (TPSA) is 46.4 Å². The molecule has 2 aromatic carbocycles. The van der Waals surface area contributed by atoms with Gasteiger partial charge in [-0.1, -0.05) is 11.6 Å². The van der Waals surface area contributed by atoms with Crippen LogP contribution in [-0.4, -0.2) is 15.3 Å². The number of anilines is 1. The molecule has 0 aliphatic heterocycles. The van der Waals surface area contributed by atoms with E-state index in [1.54, 1.807) is 22.7 Å². The smallest absolute Gasteiger partial charge is 0.230 e. The molecule has 1 N–H and O–H groups in total. The van der Waals surface area contributed by atoms with Crippen molar-refractivity contribution in [2.45, 2.75) is 6.42 Å². The molecule has 0 radical (unpaired) electrons. The number of nitrogens with one attached hydrogen (secondary N) is 1. The van der Waals surface area contributed by atoms with E-state index < -0.39 is 5.82 Å². The number of benzene rings is 2. The molecule has 0 spiro atoms. The van der Waals surface area contributed by atoms with Crippen LogP contribution < -0.4 is 5.32 Å². The number of amides is 1. The van der Waals surface area contributed by atoms with E-state index in [4.69, 9.17) is 11.6 Å². The van der Waals surface area contributed by atoms with Gasteiger partial charge < -0.3 is 5.32 Å². The van der Waals surface area contributed by atoms with Crippen molar-refractivity contribution in [1.82, 2.24) is 9.38 Å². The molecule has 0 fully saturated rings. The zero-order valence-electron chi connectivity index (χ0n) is 13.7. The van der Waals surface area contributed by atoms with Gasteiger partial charge in [-0.15, -0.1) is 11.3 Å². The predicted molar refractivity (Wildman–Crippen MR) is 102 cm³/mol. The van der Waals surface area contributed by atoms with Crippen LogP contribution in [-0.2, 0) is 11.2 Å². The van der Waals surface area contributed by atoms with Crippen molar-refractivity contribution in [1.29, 1.82) is 0 Å². The zero-order chi connectivity index (χ0) is 19.0. The average molecular weight is 404 g/mol. The number of rotatable bonds is 4. The minimum absolute atomic E-state index is 0.0568. The maximum atomic E-state index is 13.8. The third kappa shape index (κ3) is 3.70. The zero-order valence-corrected chi connectivity index (χ0v) is 15.3. The normalized spacial score (nSPS) is 11.1. The van der Waals surface area contributed by atoms with Crippen LogP contribution in [0.2, 0.25) is 5.02 Å². The Morgan fingerprint density at radius 3 is 2.70 bits per heavy atom. The second kappa shape index (κ2) is 7.09. The number of fused-ring (bicyclic) bond motifs is 1. The summed E-state index contributed by atoms with van der Waals surface area (Å²) < 4.78 is 28.7. The van der Waals surface area contributed by atoms with Crippen LogP contribution in [0.15, 0.2) is 54.0 Å². The van der Waals surface area contributed by atoms with Crippen LogP contribution in [0.25, 0.3) is 16.2 Å². The number of imidazole rings is 1. The average Bonchev–Trinajstić information content (AvgIpc) is 3.20. The lowest BCUT2D eigenvalue weighted by Crippen LogP contribution is -2.16. The minimum atomic E-state index is -0.590. The molecular formula is C19H12ClF2N3OS. The SMILES string of the molecule is O=C(Cc1csc2nc(-c3ccc(F)cc3)cn12)Nc1ccc(Cl)cc1F. The molecule has 0 aliphatic carbocycles. The van der Waals surface area contributed by atoms with Crippen molar-refractivity contribution in [3.8, 4) is 11.3 Å². The first-order valence-corrected chi connectivity index (χ1v) is 9.21. The van der Waals surface area contributed by atoms with E-state index in [1.165, 1.54) is 35.6 Å². The fraction of sp³-hybridized carbons (Fsp3) is 0.0526. The molecule has 8 heteroatoms. The molecule has 0 atom stereocenters. The Bertz CT molecular complexity index is 1140. The fourth-order valence-corrected chi connectivity index (χ4v) is 3.70. The van der Waals surface area contributed by atoms with Gasteiger partial charge in [-0.2, -0.15) is 0 Å². The van der Waals surface area contributed by atoms with Crippen molar-refractivity contribution < 1.29 is 13.6 Å². The van der Waals surface area contributed by atoms with E-state index >= 15 is 0 Å². The van der Waals surface area contributed by atoms with E-state index in [0.717, 1.165) is 22.3 Å². The maximum Gasteiger partial charge on any atom is 0.230 e. The quantitative estimate of drug-likeness (QED) is 0.510. The van der Waals surface area contributed by atoms with Crippen LogP contribution in [0.5, 0.6) is 0 Å². The Labute approximate surface area is 162 Å². The van der Waals surface area contributed by atoms with E-state index in [9.17, 15) is 13.6 Å². The van der Waals surface area contributed by atoms with E-state index in [-0.39, 0.29) is 28.9 Å². The fourth-order valence-electron chi connectivity index (χ4n) is 2.67. The number of hydrogen-bond donors (Lipinski definition) is 1. The monoisotopic (exact) mass is 403 g/mol. The number of aromatic nitrogens is 2. The number of carbonyl (C=O) groups is 1. The van der Waals surface area contributed by atoms with Crippen molar-refractivity contribution in [3.63, 3.8) is 0 Å². The van der Waals surface area contributed by atoms with Crippen LogP contribution in [0.3, 0.4) is 0 Å². The lowest BCUT2D eigenvalue weighted by atomic mass is 10.2. The molecule has 136 valence electrons. The highest BCUT2D eigenvalue weighted by Gasteiger charge is 2.14. The van der Waals surface area contributed by atoms with Gasteiger partial charge in [0.15, 0.2) is 4.96 Å². The van der Waals surface area contributed by atoms with Crippen LogP contribution in [0.1, 0.15) is 5.69 Å². The molecule has 0 aliphatic rings. The first kappa shape index (κ1) is 17.6. The number of nitrogens with zero attached hydrogens (tertiary/aromatic N) is 2. The van der Waals surface area contributed by atoms with Gasteiger partial charge in [0.1, 0.15) is 11.6 Å². The standard InChI is InChI=1S/C19H12ClF2N3OS/c20-12-3-6-16(15(22)7-12)23-18(26)8-14-10-27-19-24-17(9-25(14)19)11-1-4-13(21)5-2-11/h1-7,9-10H,8H2,(H,23,26). The van der Waals surface area contributed by atoms with Gasteiger partial charge in [-0.25, -0.2) is 13.8 Å². The summed E-state index contributed by atoms with van der Waals surface area (Å²) in [4.78, 5) is 17.5. The Hall–Kier alpha value is -2.77. The first-order chi connectivity index (χ1) is 13.0. The van der Waals surface area contributed by atoms with Gasteiger partial charge in [-0.3, -0.25) is 9.20 Å². The largest absolute Gasteiger partial charge is 0.323 e. The van der Waals surface area contributed by atoms with Crippen LogP contribution in [0.4, 0.5) is 14.5 Å². The van der Waals surface area contributed by atoms with Crippen molar-refractivity contribution in [2.75, 3.05) is 5.32 Å². The van der Waals surface area contributed by atoms with Gasteiger partial charge in [0.05, 0.1) is 17.8 Å².